The van der Waals surface area contributed by atoms with E-state index in [1.54, 1.807) is 7.11 Å². The van der Waals surface area contributed by atoms with Crippen LogP contribution in [0.2, 0.25) is 0 Å². The fourth-order valence-corrected chi connectivity index (χ4v) is 4.58. The van der Waals surface area contributed by atoms with Crippen molar-refractivity contribution in [2.75, 3.05) is 17.9 Å². The fourth-order valence-electron chi connectivity index (χ4n) is 3.48. The number of anilines is 1. The molecule has 0 unspecified atom stereocenters. The monoisotopic (exact) mass is 423 g/mol. The second-order valence-electron chi connectivity index (χ2n) is 7.26. The second kappa shape index (κ2) is 8.79. The van der Waals surface area contributed by atoms with Gasteiger partial charge in [0.05, 0.1) is 13.2 Å². The smallest absolute Gasteiger partial charge is 0.240 e. The number of fused-ring (bicyclic) bond motifs is 1. The van der Waals surface area contributed by atoms with E-state index in [1.807, 2.05) is 60.1 Å². The number of carbonyl (C=O) groups is 1. The van der Waals surface area contributed by atoms with Gasteiger partial charge in [0, 0.05) is 12.1 Å². The molecule has 0 saturated carbocycles. The zero-order valence-electron chi connectivity index (χ0n) is 17.3. The molecule has 8 heteroatoms. The highest BCUT2D eigenvalue weighted by Gasteiger charge is 2.37. The SMILES string of the molecule is CCCc1nnc2n1N[C@H](c1ccc(OC)cc1)[C@@H](C(=O)Nc1cccc(C)c1)S2. The van der Waals surface area contributed by atoms with Crippen molar-refractivity contribution in [3.63, 3.8) is 0 Å². The molecule has 0 aliphatic carbocycles. The van der Waals surface area contributed by atoms with Crippen LogP contribution in [0.15, 0.2) is 53.7 Å². The highest BCUT2D eigenvalue weighted by Crippen LogP contribution is 2.38. The largest absolute Gasteiger partial charge is 0.497 e. The van der Waals surface area contributed by atoms with Crippen molar-refractivity contribution < 1.29 is 9.53 Å². The van der Waals surface area contributed by atoms with Crippen LogP contribution in [0.4, 0.5) is 5.69 Å². The number of methoxy groups -OCH3 is 1. The Bertz CT molecular complexity index is 1030. The average Bonchev–Trinajstić information content (AvgIpc) is 3.15. The van der Waals surface area contributed by atoms with Crippen molar-refractivity contribution in [3.05, 3.63) is 65.5 Å². The Morgan fingerprint density at radius 3 is 2.73 bits per heavy atom. The molecule has 1 aromatic heterocycles. The summed E-state index contributed by atoms with van der Waals surface area (Å²) >= 11 is 1.43. The number of nitrogens with one attached hydrogen (secondary N) is 2. The third kappa shape index (κ3) is 4.14. The summed E-state index contributed by atoms with van der Waals surface area (Å²) < 4.78 is 7.20. The Morgan fingerprint density at radius 2 is 2.03 bits per heavy atom. The van der Waals surface area contributed by atoms with Gasteiger partial charge in [-0.2, -0.15) is 0 Å². The van der Waals surface area contributed by atoms with Gasteiger partial charge in [-0.3, -0.25) is 4.79 Å². The van der Waals surface area contributed by atoms with E-state index in [4.69, 9.17) is 4.74 Å². The molecule has 2 aromatic carbocycles. The molecule has 30 heavy (non-hydrogen) atoms. The minimum Gasteiger partial charge on any atom is -0.497 e. The number of aromatic nitrogens is 3. The predicted octanol–water partition coefficient (Wildman–Crippen LogP) is 3.95. The number of hydrogen-bond donors (Lipinski definition) is 2. The van der Waals surface area contributed by atoms with Gasteiger partial charge in [-0.1, -0.05) is 43.0 Å². The molecule has 2 atom stereocenters. The number of ether oxygens (including phenoxy) is 1. The standard InChI is InChI=1S/C22H25N5O2S/c1-4-6-18-24-25-22-27(18)26-19(15-9-11-17(29-3)12-10-15)20(30-22)21(28)23-16-8-5-7-14(2)13-16/h5,7-13,19-20,26H,4,6H2,1-3H3,(H,23,28)/t19-,20+/m1/s1. The summed E-state index contributed by atoms with van der Waals surface area (Å²) in [7, 11) is 1.64. The minimum atomic E-state index is -0.412. The third-order valence-corrected chi connectivity index (χ3v) is 6.21. The Kier molecular flexibility index (Phi) is 5.94. The van der Waals surface area contributed by atoms with Crippen LogP contribution in [-0.4, -0.2) is 33.1 Å². The molecule has 0 fully saturated rings. The Hall–Kier alpha value is -3.00. The summed E-state index contributed by atoms with van der Waals surface area (Å²) in [6.07, 6.45) is 1.78. The Morgan fingerprint density at radius 1 is 1.23 bits per heavy atom. The van der Waals surface area contributed by atoms with Gasteiger partial charge in [0.25, 0.3) is 0 Å². The fraction of sp³-hybridized carbons (Fsp3) is 0.318. The molecule has 156 valence electrons. The zero-order valence-corrected chi connectivity index (χ0v) is 18.1. The topological polar surface area (TPSA) is 81.1 Å². The number of rotatable bonds is 6. The predicted molar refractivity (Wildman–Crippen MR) is 119 cm³/mol. The lowest BCUT2D eigenvalue weighted by molar-refractivity contribution is -0.116. The molecule has 2 heterocycles. The van der Waals surface area contributed by atoms with Gasteiger partial charge in [-0.05, 0) is 48.7 Å². The normalized spacial score (nSPS) is 17.7. The summed E-state index contributed by atoms with van der Waals surface area (Å²) in [5.41, 5.74) is 6.36. The molecule has 2 N–H and O–H groups in total. The van der Waals surface area contributed by atoms with Crippen LogP contribution >= 0.6 is 11.8 Å². The maximum atomic E-state index is 13.3. The molecular formula is C22H25N5O2S. The van der Waals surface area contributed by atoms with Crippen LogP contribution < -0.4 is 15.5 Å². The summed E-state index contributed by atoms with van der Waals surface area (Å²) in [6.45, 7) is 4.11. The van der Waals surface area contributed by atoms with Gasteiger partial charge in [-0.15, -0.1) is 10.2 Å². The second-order valence-corrected chi connectivity index (χ2v) is 8.37. The van der Waals surface area contributed by atoms with Crippen LogP contribution in [0.25, 0.3) is 0 Å². The molecule has 0 radical (unpaired) electrons. The summed E-state index contributed by atoms with van der Waals surface area (Å²) in [5.74, 6) is 1.57. The molecular weight excluding hydrogens is 398 g/mol. The number of benzene rings is 2. The van der Waals surface area contributed by atoms with Gasteiger partial charge in [0.1, 0.15) is 11.0 Å². The highest BCUT2D eigenvalue weighted by molar-refractivity contribution is 8.00. The number of carbonyl (C=O) groups excluding carboxylic acids is 1. The van der Waals surface area contributed by atoms with E-state index < -0.39 is 5.25 Å². The van der Waals surface area contributed by atoms with E-state index in [1.165, 1.54) is 11.8 Å². The van der Waals surface area contributed by atoms with E-state index in [-0.39, 0.29) is 11.9 Å². The number of aryl methyl sites for hydroxylation is 2. The quantitative estimate of drug-likeness (QED) is 0.625. The number of thioether (sulfide) groups is 1. The molecule has 3 aromatic rings. The summed E-state index contributed by atoms with van der Waals surface area (Å²) in [6, 6.07) is 15.3. The molecule has 1 amide bonds. The van der Waals surface area contributed by atoms with Crippen molar-refractivity contribution in [1.82, 2.24) is 14.9 Å². The molecule has 1 aliphatic rings. The number of nitrogens with zero attached hydrogens (tertiary/aromatic N) is 3. The van der Waals surface area contributed by atoms with Crippen LogP contribution in [-0.2, 0) is 11.2 Å². The third-order valence-electron chi connectivity index (χ3n) is 5.00. The highest BCUT2D eigenvalue weighted by atomic mass is 32.2. The van der Waals surface area contributed by atoms with Gasteiger partial charge in [-0.25, -0.2) is 4.68 Å². The van der Waals surface area contributed by atoms with E-state index in [0.29, 0.717) is 5.16 Å². The van der Waals surface area contributed by atoms with Crippen LogP contribution in [0.1, 0.15) is 36.3 Å². The number of hydrogen-bond acceptors (Lipinski definition) is 6. The average molecular weight is 424 g/mol. The van der Waals surface area contributed by atoms with Crippen molar-refractivity contribution in [1.29, 1.82) is 0 Å². The Balaban J connectivity index is 1.66. The van der Waals surface area contributed by atoms with Crippen molar-refractivity contribution in [3.8, 4) is 5.75 Å². The first-order valence-corrected chi connectivity index (χ1v) is 10.9. The lowest BCUT2D eigenvalue weighted by Crippen LogP contribution is -2.41. The van der Waals surface area contributed by atoms with Crippen LogP contribution in [0.3, 0.4) is 0 Å². The van der Waals surface area contributed by atoms with Crippen molar-refractivity contribution in [2.24, 2.45) is 0 Å². The van der Waals surface area contributed by atoms with Crippen molar-refractivity contribution >= 4 is 23.4 Å². The first-order chi connectivity index (χ1) is 14.6. The molecule has 0 saturated heterocycles. The number of amides is 1. The zero-order chi connectivity index (χ0) is 21.1. The summed E-state index contributed by atoms with van der Waals surface area (Å²) in [5, 5.41) is 12.0. The first kappa shape index (κ1) is 20.3. The lowest BCUT2D eigenvalue weighted by atomic mass is 10.0. The van der Waals surface area contributed by atoms with Gasteiger partial charge < -0.3 is 15.5 Å². The van der Waals surface area contributed by atoms with Crippen LogP contribution in [0.5, 0.6) is 5.75 Å². The van der Waals surface area contributed by atoms with E-state index in [0.717, 1.165) is 41.2 Å². The van der Waals surface area contributed by atoms with Gasteiger partial charge in [0.15, 0.2) is 5.82 Å². The van der Waals surface area contributed by atoms with Crippen molar-refractivity contribution in [2.45, 2.75) is 43.1 Å². The molecule has 0 spiro atoms. The Labute approximate surface area is 180 Å². The molecule has 0 bridgehead atoms. The van der Waals surface area contributed by atoms with E-state index in [2.05, 4.69) is 27.9 Å². The molecule has 4 rings (SSSR count). The summed E-state index contributed by atoms with van der Waals surface area (Å²) in [4.78, 5) is 13.3. The van der Waals surface area contributed by atoms with E-state index >= 15 is 0 Å². The lowest BCUT2D eigenvalue weighted by Gasteiger charge is -2.33. The van der Waals surface area contributed by atoms with E-state index in [9.17, 15) is 4.79 Å². The van der Waals surface area contributed by atoms with Gasteiger partial charge >= 0.3 is 0 Å². The molecule has 1 aliphatic heterocycles. The minimum absolute atomic E-state index is 0.0785. The van der Waals surface area contributed by atoms with Crippen LogP contribution in [0, 0.1) is 6.92 Å². The first-order valence-electron chi connectivity index (χ1n) is 9.98. The maximum Gasteiger partial charge on any atom is 0.240 e. The molecule has 7 nitrogen and oxygen atoms in total. The maximum absolute atomic E-state index is 13.3. The van der Waals surface area contributed by atoms with Gasteiger partial charge in [0.2, 0.25) is 11.1 Å².